The van der Waals surface area contributed by atoms with Crippen LogP contribution in [0.2, 0.25) is 0 Å². The summed E-state index contributed by atoms with van der Waals surface area (Å²) in [6, 6.07) is 7.97. The zero-order valence-electron chi connectivity index (χ0n) is 10.00. The first-order chi connectivity index (χ1) is 7.99. The molecule has 0 amide bonds. The number of rotatable bonds is 5. The molecule has 0 aliphatic rings. The van der Waals surface area contributed by atoms with Gasteiger partial charge in [-0.05, 0) is 18.0 Å². The standard InChI is InChI=1S/C12H17F3OSi/c1-3-10(4-2)16-17(12(13,14)15)11-8-6-5-7-9-11/h5-10,17H,3-4H2,1-2H3. The number of benzene rings is 1. The lowest BCUT2D eigenvalue weighted by atomic mass is 10.2. The van der Waals surface area contributed by atoms with Crippen LogP contribution in [0, 0.1) is 0 Å². The molecule has 5 heteroatoms. The average molecular weight is 262 g/mol. The molecule has 1 aromatic carbocycles. The van der Waals surface area contributed by atoms with Gasteiger partial charge >= 0.3 is 14.8 Å². The first kappa shape index (κ1) is 14.2. The summed E-state index contributed by atoms with van der Waals surface area (Å²) >= 11 is 0. The van der Waals surface area contributed by atoms with Crippen LogP contribution in [-0.4, -0.2) is 20.9 Å². The second-order valence-corrected chi connectivity index (χ2v) is 6.26. The zero-order chi connectivity index (χ0) is 12.9. The summed E-state index contributed by atoms with van der Waals surface area (Å²) in [6.07, 6.45) is 0.930. The van der Waals surface area contributed by atoms with Crippen LogP contribution in [-0.2, 0) is 4.43 Å². The highest BCUT2D eigenvalue weighted by molar-refractivity contribution is 6.69. The minimum Gasteiger partial charge on any atom is -0.404 e. The fourth-order valence-corrected chi connectivity index (χ4v) is 3.68. The van der Waals surface area contributed by atoms with Crippen LogP contribution in [0.1, 0.15) is 26.7 Å². The van der Waals surface area contributed by atoms with Crippen LogP contribution in [0.3, 0.4) is 0 Å². The van der Waals surface area contributed by atoms with Crippen molar-refractivity contribution in [3.05, 3.63) is 30.3 Å². The predicted octanol–water partition coefficient (Wildman–Crippen LogP) is 2.92. The fraction of sp³-hybridized carbons (Fsp3) is 0.500. The summed E-state index contributed by atoms with van der Waals surface area (Å²) in [4.78, 5) is 0. The minimum absolute atomic E-state index is 0.298. The molecule has 0 saturated heterocycles. The molecular formula is C12H17F3OSi. The van der Waals surface area contributed by atoms with Gasteiger partial charge in [-0.3, -0.25) is 0 Å². The van der Waals surface area contributed by atoms with E-state index in [0.29, 0.717) is 18.0 Å². The van der Waals surface area contributed by atoms with Crippen molar-refractivity contribution in [2.24, 2.45) is 0 Å². The molecule has 1 unspecified atom stereocenters. The molecule has 0 bridgehead atoms. The van der Waals surface area contributed by atoms with Crippen LogP contribution in [0.15, 0.2) is 30.3 Å². The number of hydrogen-bond donors (Lipinski definition) is 0. The summed E-state index contributed by atoms with van der Waals surface area (Å²) in [5, 5.41) is 0.298. The monoisotopic (exact) mass is 262 g/mol. The molecule has 0 spiro atoms. The minimum atomic E-state index is -4.23. The van der Waals surface area contributed by atoms with Crippen LogP contribution < -0.4 is 5.19 Å². The molecule has 0 aliphatic carbocycles. The first-order valence-corrected chi connectivity index (χ1v) is 7.38. The summed E-state index contributed by atoms with van der Waals surface area (Å²) in [5.74, 6) is -4.23. The summed E-state index contributed by atoms with van der Waals surface area (Å²) in [5.41, 5.74) is 0. The van der Waals surface area contributed by atoms with E-state index in [1.54, 1.807) is 18.2 Å². The van der Waals surface area contributed by atoms with Crippen LogP contribution in [0.4, 0.5) is 13.2 Å². The topological polar surface area (TPSA) is 9.23 Å². The Bertz CT molecular complexity index is 322. The van der Waals surface area contributed by atoms with E-state index in [0.717, 1.165) is 0 Å². The maximum absolute atomic E-state index is 13.0. The van der Waals surface area contributed by atoms with Gasteiger partial charge in [0.25, 0.3) is 0 Å². The highest BCUT2D eigenvalue weighted by Gasteiger charge is 2.45. The molecule has 0 radical (unpaired) electrons. The Hall–Kier alpha value is -0.813. The quantitative estimate of drug-likeness (QED) is 0.741. The molecule has 1 atom stereocenters. The molecule has 1 rings (SSSR count). The molecule has 0 aliphatic heterocycles. The van der Waals surface area contributed by atoms with E-state index in [1.165, 1.54) is 12.1 Å². The van der Waals surface area contributed by atoms with Crippen molar-refractivity contribution >= 4 is 14.2 Å². The van der Waals surface area contributed by atoms with E-state index in [-0.39, 0.29) is 6.10 Å². The second-order valence-electron chi connectivity index (χ2n) is 3.91. The third-order valence-corrected chi connectivity index (χ3v) is 4.88. The van der Waals surface area contributed by atoms with Gasteiger partial charge in [0, 0.05) is 6.10 Å². The molecule has 0 fully saturated rings. The Morgan fingerprint density at radius 1 is 1.12 bits per heavy atom. The van der Waals surface area contributed by atoms with E-state index < -0.39 is 14.8 Å². The van der Waals surface area contributed by atoms with Crippen LogP contribution >= 0.6 is 0 Å². The number of alkyl halides is 3. The SMILES string of the molecule is CCC(CC)O[SiH](c1ccccc1)C(F)(F)F. The molecule has 1 aromatic rings. The van der Waals surface area contributed by atoms with Gasteiger partial charge in [0.15, 0.2) is 0 Å². The third-order valence-electron chi connectivity index (χ3n) is 2.64. The van der Waals surface area contributed by atoms with Gasteiger partial charge < -0.3 is 4.43 Å². The predicted molar refractivity (Wildman–Crippen MR) is 64.7 cm³/mol. The van der Waals surface area contributed by atoms with Gasteiger partial charge in [-0.2, -0.15) is 13.2 Å². The lowest BCUT2D eigenvalue weighted by Crippen LogP contribution is -2.49. The Balaban J connectivity index is 2.90. The van der Waals surface area contributed by atoms with Gasteiger partial charge in [0.1, 0.15) is 0 Å². The van der Waals surface area contributed by atoms with Crippen molar-refractivity contribution in [2.75, 3.05) is 0 Å². The van der Waals surface area contributed by atoms with Crippen molar-refractivity contribution in [2.45, 2.75) is 38.6 Å². The maximum Gasteiger partial charge on any atom is 0.390 e. The van der Waals surface area contributed by atoms with Gasteiger partial charge in [-0.1, -0.05) is 44.2 Å². The van der Waals surface area contributed by atoms with E-state index in [9.17, 15) is 13.2 Å². The molecular weight excluding hydrogens is 245 g/mol. The largest absolute Gasteiger partial charge is 0.404 e. The number of halogens is 3. The lowest BCUT2D eigenvalue weighted by Gasteiger charge is -2.24. The van der Waals surface area contributed by atoms with E-state index in [1.807, 2.05) is 13.8 Å². The zero-order valence-corrected chi connectivity index (χ0v) is 11.2. The van der Waals surface area contributed by atoms with Gasteiger partial charge in [-0.15, -0.1) is 0 Å². The average Bonchev–Trinajstić information content (AvgIpc) is 2.30. The highest BCUT2D eigenvalue weighted by Crippen LogP contribution is 2.22. The summed E-state index contributed by atoms with van der Waals surface area (Å²) in [6.45, 7) is 3.70. The van der Waals surface area contributed by atoms with Crippen LogP contribution in [0.5, 0.6) is 0 Å². The fourth-order valence-electron chi connectivity index (χ4n) is 1.65. The summed E-state index contributed by atoms with van der Waals surface area (Å²) < 4.78 is 44.2. The molecule has 0 heterocycles. The summed E-state index contributed by atoms with van der Waals surface area (Å²) in [7, 11) is -3.37. The molecule has 17 heavy (non-hydrogen) atoms. The molecule has 0 N–H and O–H groups in total. The Morgan fingerprint density at radius 3 is 2.06 bits per heavy atom. The molecule has 1 nitrogen and oxygen atoms in total. The van der Waals surface area contributed by atoms with E-state index in [4.69, 9.17) is 4.43 Å². The van der Waals surface area contributed by atoms with Crippen molar-refractivity contribution in [3.63, 3.8) is 0 Å². The third kappa shape index (κ3) is 4.16. The van der Waals surface area contributed by atoms with Crippen LogP contribution in [0.25, 0.3) is 0 Å². The van der Waals surface area contributed by atoms with Gasteiger partial charge in [-0.25, -0.2) is 0 Å². The smallest absolute Gasteiger partial charge is 0.390 e. The number of hydrogen-bond acceptors (Lipinski definition) is 1. The highest BCUT2D eigenvalue weighted by atomic mass is 28.3. The van der Waals surface area contributed by atoms with E-state index >= 15 is 0 Å². The Kier molecular flexibility index (Phi) is 5.20. The van der Waals surface area contributed by atoms with Crippen molar-refractivity contribution in [1.82, 2.24) is 0 Å². The normalized spacial score (nSPS) is 14.0. The van der Waals surface area contributed by atoms with Gasteiger partial charge in [0.05, 0.1) is 0 Å². The first-order valence-electron chi connectivity index (χ1n) is 5.76. The Labute approximate surface area is 101 Å². The lowest BCUT2D eigenvalue weighted by molar-refractivity contribution is -0.0683. The molecule has 0 saturated carbocycles. The van der Waals surface area contributed by atoms with Crippen molar-refractivity contribution < 1.29 is 17.6 Å². The maximum atomic E-state index is 13.0. The van der Waals surface area contributed by atoms with E-state index in [2.05, 4.69) is 0 Å². The van der Waals surface area contributed by atoms with Crippen molar-refractivity contribution in [1.29, 1.82) is 0 Å². The van der Waals surface area contributed by atoms with Gasteiger partial charge in [0.2, 0.25) is 0 Å². The molecule has 96 valence electrons. The second kappa shape index (κ2) is 6.21. The molecule has 0 aromatic heterocycles. The Morgan fingerprint density at radius 2 is 1.65 bits per heavy atom. The van der Waals surface area contributed by atoms with Crippen molar-refractivity contribution in [3.8, 4) is 0 Å².